The van der Waals surface area contributed by atoms with E-state index in [-0.39, 0.29) is 24.3 Å². The summed E-state index contributed by atoms with van der Waals surface area (Å²) in [5, 5.41) is 1.91. The molecule has 0 saturated carbocycles. The molecule has 0 spiro atoms. The van der Waals surface area contributed by atoms with Crippen LogP contribution in [0.25, 0.3) is 0 Å². The van der Waals surface area contributed by atoms with Gasteiger partial charge in [0.05, 0.1) is 47.6 Å². The SMILES string of the molecule is CCCCCc1cc(F)c2c(c1NC(=O)CC)C(=O)N([C@H](CS(=O)(=O)C(C)C)c1ccc(OC)c(OCC)c1)C2=O. The lowest BCUT2D eigenvalue weighted by atomic mass is 9.97. The molecule has 0 bridgehead atoms. The molecule has 0 unspecified atom stereocenters. The molecular formula is C30H39FN2O7S. The Kier molecular flexibility index (Phi) is 10.5. The van der Waals surface area contributed by atoms with Crippen molar-refractivity contribution in [2.45, 2.75) is 78.0 Å². The van der Waals surface area contributed by atoms with Gasteiger partial charge in [0, 0.05) is 6.42 Å². The Labute approximate surface area is 241 Å². The van der Waals surface area contributed by atoms with E-state index in [4.69, 9.17) is 9.47 Å². The number of carbonyl (C=O) groups is 3. The molecule has 1 heterocycles. The topological polar surface area (TPSA) is 119 Å². The fourth-order valence-electron chi connectivity index (χ4n) is 4.78. The van der Waals surface area contributed by atoms with Gasteiger partial charge in [-0.3, -0.25) is 19.3 Å². The number of methoxy groups -OCH3 is 1. The molecule has 1 N–H and O–H groups in total. The van der Waals surface area contributed by atoms with Crippen LogP contribution in [0, 0.1) is 5.82 Å². The van der Waals surface area contributed by atoms with Crippen molar-refractivity contribution in [2.24, 2.45) is 0 Å². The second-order valence-electron chi connectivity index (χ2n) is 10.2. The zero-order chi connectivity index (χ0) is 30.5. The first-order valence-corrected chi connectivity index (χ1v) is 15.7. The standard InChI is InChI=1S/C30H39FN2O7S/c1-7-10-11-12-20-15-21(31)26-27(28(20)32-25(34)8-2)30(36)33(29(26)35)22(17-41(37,38)18(4)5)19-13-14-23(39-6)24(16-19)40-9-3/h13-16,18,22H,7-12,17H2,1-6H3,(H,32,34)/t22-/m1/s1. The molecule has 9 nitrogen and oxygen atoms in total. The molecule has 1 aliphatic rings. The zero-order valence-electron chi connectivity index (χ0n) is 24.5. The Morgan fingerprint density at radius 3 is 2.29 bits per heavy atom. The van der Waals surface area contributed by atoms with Crippen molar-refractivity contribution in [1.82, 2.24) is 4.90 Å². The third-order valence-electron chi connectivity index (χ3n) is 7.15. The van der Waals surface area contributed by atoms with Gasteiger partial charge in [0.25, 0.3) is 11.8 Å². The van der Waals surface area contributed by atoms with Crippen molar-refractivity contribution in [3.8, 4) is 11.5 Å². The maximum absolute atomic E-state index is 15.6. The molecule has 0 aromatic heterocycles. The number of sulfone groups is 1. The maximum Gasteiger partial charge on any atom is 0.265 e. The number of unbranched alkanes of at least 4 members (excludes halogenated alkanes) is 2. The highest BCUT2D eigenvalue weighted by Crippen LogP contribution is 2.41. The van der Waals surface area contributed by atoms with Crippen LogP contribution in [-0.2, 0) is 21.1 Å². The molecule has 0 aliphatic carbocycles. The molecule has 0 radical (unpaired) electrons. The number of amides is 3. The molecule has 2 aromatic rings. The minimum absolute atomic E-state index is 0.0976. The van der Waals surface area contributed by atoms with E-state index in [1.165, 1.54) is 33.1 Å². The predicted octanol–water partition coefficient (Wildman–Crippen LogP) is 5.47. The number of imide groups is 1. The van der Waals surface area contributed by atoms with Crippen LogP contribution in [0.4, 0.5) is 10.1 Å². The van der Waals surface area contributed by atoms with E-state index in [2.05, 4.69) is 5.32 Å². The van der Waals surface area contributed by atoms with Crippen molar-refractivity contribution in [1.29, 1.82) is 0 Å². The van der Waals surface area contributed by atoms with Crippen molar-refractivity contribution in [3.63, 3.8) is 0 Å². The number of nitrogens with zero attached hydrogens (tertiary/aromatic N) is 1. The lowest BCUT2D eigenvalue weighted by molar-refractivity contribution is -0.115. The number of hydrogen-bond donors (Lipinski definition) is 1. The molecule has 2 aromatic carbocycles. The summed E-state index contributed by atoms with van der Waals surface area (Å²) < 4.78 is 52.9. The summed E-state index contributed by atoms with van der Waals surface area (Å²) in [6.07, 6.45) is 2.95. The van der Waals surface area contributed by atoms with E-state index < -0.39 is 56.0 Å². The lowest BCUT2D eigenvalue weighted by Crippen LogP contribution is -2.39. The first-order valence-electron chi connectivity index (χ1n) is 14.0. The monoisotopic (exact) mass is 590 g/mol. The van der Waals surface area contributed by atoms with Gasteiger partial charge in [-0.2, -0.15) is 0 Å². The molecule has 11 heteroatoms. The highest BCUT2D eigenvalue weighted by molar-refractivity contribution is 7.92. The Bertz CT molecular complexity index is 1420. The minimum Gasteiger partial charge on any atom is -0.493 e. The van der Waals surface area contributed by atoms with Gasteiger partial charge in [-0.15, -0.1) is 0 Å². The number of anilines is 1. The number of benzene rings is 2. The van der Waals surface area contributed by atoms with Crippen molar-refractivity contribution >= 4 is 33.2 Å². The maximum atomic E-state index is 15.6. The Morgan fingerprint density at radius 2 is 1.71 bits per heavy atom. The van der Waals surface area contributed by atoms with E-state index in [1.54, 1.807) is 26.0 Å². The summed E-state index contributed by atoms with van der Waals surface area (Å²) in [5.41, 5.74) is 0.0740. The third-order valence-corrected chi connectivity index (χ3v) is 9.37. The fourth-order valence-corrected chi connectivity index (χ4v) is 5.94. The van der Waals surface area contributed by atoms with Crippen LogP contribution in [0.3, 0.4) is 0 Å². The highest BCUT2D eigenvalue weighted by atomic mass is 32.2. The smallest absolute Gasteiger partial charge is 0.265 e. The van der Waals surface area contributed by atoms with Crippen LogP contribution in [0.5, 0.6) is 11.5 Å². The first-order chi connectivity index (χ1) is 19.4. The predicted molar refractivity (Wildman–Crippen MR) is 155 cm³/mol. The van der Waals surface area contributed by atoms with Gasteiger partial charge < -0.3 is 14.8 Å². The van der Waals surface area contributed by atoms with Crippen molar-refractivity contribution in [2.75, 3.05) is 24.8 Å². The number of ether oxygens (including phenoxy) is 2. The number of halogens is 1. The van der Waals surface area contributed by atoms with Crippen molar-refractivity contribution in [3.05, 3.63) is 52.3 Å². The van der Waals surface area contributed by atoms with Gasteiger partial charge in [0.2, 0.25) is 5.91 Å². The zero-order valence-corrected chi connectivity index (χ0v) is 25.3. The number of aryl methyl sites for hydroxylation is 1. The highest BCUT2D eigenvalue weighted by Gasteiger charge is 2.46. The van der Waals surface area contributed by atoms with Gasteiger partial charge in [-0.1, -0.05) is 32.8 Å². The number of fused-ring (bicyclic) bond motifs is 1. The van der Waals surface area contributed by atoms with Gasteiger partial charge >= 0.3 is 0 Å². The molecule has 1 atom stereocenters. The van der Waals surface area contributed by atoms with E-state index in [0.29, 0.717) is 35.5 Å². The third kappa shape index (κ3) is 6.72. The second kappa shape index (κ2) is 13.5. The van der Waals surface area contributed by atoms with Crippen LogP contribution in [-0.4, -0.2) is 55.8 Å². The summed E-state index contributed by atoms with van der Waals surface area (Å²) in [6.45, 7) is 8.73. The van der Waals surface area contributed by atoms with Crippen LogP contribution >= 0.6 is 0 Å². The quantitative estimate of drug-likeness (QED) is 0.229. The Morgan fingerprint density at radius 1 is 1.02 bits per heavy atom. The molecule has 224 valence electrons. The number of nitrogens with one attached hydrogen (secondary N) is 1. The molecular weight excluding hydrogens is 551 g/mol. The summed E-state index contributed by atoms with van der Waals surface area (Å²) >= 11 is 0. The minimum atomic E-state index is -3.81. The molecule has 1 aliphatic heterocycles. The van der Waals surface area contributed by atoms with Crippen molar-refractivity contribution < 1.29 is 36.7 Å². The largest absolute Gasteiger partial charge is 0.493 e. The van der Waals surface area contributed by atoms with Gasteiger partial charge in [-0.25, -0.2) is 12.8 Å². The van der Waals surface area contributed by atoms with E-state index in [1.807, 2.05) is 6.92 Å². The molecule has 0 fully saturated rings. The molecule has 3 amide bonds. The number of rotatable bonds is 14. The van der Waals surface area contributed by atoms with E-state index in [0.717, 1.165) is 17.7 Å². The van der Waals surface area contributed by atoms with Crippen LogP contribution in [0.1, 0.15) is 98.2 Å². The summed E-state index contributed by atoms with van der Waals surface area (Å²) in [6, 6.07) is 4.54. The average molecular weight is 591 g/mol. The summed E-state index contributed by atoms with van der Waals surface area (Å²) in [7, 11) is -2.35. The van der Waals surface area contributed by atoms with Crippen LogP contribution < -0.4 is 14.8 Å². The van der Waals surface area contributed by atoms with Crippen LogP contribution in [0.2, 0.25) is 0 Å². The Balaban J connectivity index is 2.23. The van der Waals surface area contributed by atoms with Crippen LogP contribution in [0.15, 0.2) is 24.3 Å². The normalized spacial score (nSPS) is 13.9. The van der Waals surface area contributed by atoms with Gasteiger partial charge in [0.1, 0.15) is 5.82 Å². The molecule has 3 rings (SSSR count). The number of carbonyl (C=O) groups excluding carboxylic acids is 3. The lowest BCUT2D eigenvalue weighted by Gasteiger charge is -2.28. The molecule has 0 saturated heterocycles. The summed E-state index contributed by atoms with van der Waals surface area (Å²) in [5.74, 6) is -3.03. The molecule has 41 heavy (non-hydrogen) atoms. The second-order valence-corrected chi connectivity index (χ2v) is 12.8. The number of hydrogen-bond acceptors (Lipinski definition) is 7. The first kappa shape index (κ1) is 32.0. The summed E-state index contributed by atoms with van der Waals surface area (Å²) in [4.78, 5) is 41.2. The van der Waals surface area contributed by atoms with Gasteiger partial charge in [0.15, 0.2) is 21.3 Å². The fraction of sp³-hybridized carbons (Fsp3) is 0.500. The Hall–Kier alpha value is -3.47. The van der Waals surface area contributed by atoms with E-state index in [9.17, 15) is 22.8 Å². The average Bonchev–Trinajstić information content (AvgIpc) is 3.19. The van der Waals surface area contributed by atoms with Gasteiger partial charge in [-0.05, 0) is 62.9 Å². The van der Waals surface area contributed by atoms with E-state index >= 15 is 4.39 Å².